The molecule has 1 N–H and O–H groups in total. The maximum Gasteiger partial charge on any atom is 0.416 e. The molecule has 1 aliphatic heterocycles. The summed E-state index contributed by atoms with van der Waals surface area (Å²) in [4.78, 5) is 11.5. The summed E-state index contributed by atoms with van der Waals surface area (Å²) in [5.41, 5.74) is -0.851. The van der Waals surface area contributed by atoms with Gasteiger partial charge in [0.15, 0.2) is 11.6 Å². The zero-order valence-electron chi connectivity index (χ0n) is 16.9. The Morgan fingerprint density at radius 2 is 1.81 bits per heavy atom. The Bertz CT molecular complexity index is 989. The monoisotopic (exact) mass is 439 g/mol. The predicted molar refractivity (Wildman–Crippen MR) is 104 cm³/mol. The van der Waals surface area contributed by atoms with Gasteiger partial charge in [0, 0.05) is 29.9 Å². The Hall–Kier alpha value is -2.64. The molecule has 2 aromatic carbocycles. The summed E-state index contributed by atoms with van der Waals surface area (Å²) in [5.74, 6) is -1.78. The number of carbonyl (C=O) groups excluding carboxylic acids is 1. The highest BCUT2D eigenvalue weighted by atomic mass is 19.4. The zero-order chi connectivity index (χ0) is 22.4. The molecule has 4 rings (SSSR count). The second-order valence-electron chi connectivity index (χ2n) is 8.44. The van der Waals surface area contributed by atoms with Crippen molar-refractivity contribution >= 4 is 5.91 Å². The van der Waals surface area contributed by atoms with Crippen molar-refractivity contribution in [3.8, 4) is 5.75 Å². The predicted octanol–water partition coefficient (Wildman–Crippen LogP) is 5.16. The van der Waals surface area contributed by atoms with Gasteiger partial charge in [0.1, 0.15) is 5.82 Å². The van der Waals surface area contributed by atoms with Crippen molar-refractivity contribution < 1.29 is 31.5 Å². The maximum absolute atomic E-state index is 15.0. The third kappa shape index (κ3) is 4.00. The summed E-state index contributed by atoms with van der Waals surface area (Å²) in [6, 6.07) is 6.75. The molecule has 1 amide bonds. The molecular weight excluding hydrogens is 417 g/mol. The number of alkyl halides is 3. The normalized spacial score (nSPS) is 25.2. The number of amides is 1. The van der Waals surface area contributed by atoms with Crippen LogP contribution >= 0.6 is 0 Å². The van der Waals surface area contributed by atoms with Crippen LogP contribution in [0.4, 0.5) is 22.0 Å². The molecule has 3 nitrogen and oxygen atoms in total. The Kier molecular flexibility index (Phi) is 5.43. The number of ether oxygens (including phenoxy) is 1. The van der Waals surface area contributed by atoms with Crippen molar-refractivity contribution in [2.24, 2.45) is 5.92 Å². The molecule has 0 unspecified atom stereocenters. The fourth-order valence-electron chi connectivity index (χ4n) is 5.12. The van der Waals surface area contributed by atoms with E-state index < -0.39 is 28.8 Å². The Morgan fingerprint density at radius 3 is 2.45 bits per heavy atom. The molecule has 1 aliphatic carbocycles. The van der Waals surface area contributed by atoms with Crippen LogP contribution in [-0.4, -0.2) is 18.6 Å². The molecule has 0 bridgehead atoms. The topological polar surface area (TPSA) is 38.3 Å². The number of rotatable bonds is 3. The van der Waals surface area contributed by atoms with Gasteiger partial charge < -0.3 is 10.1 Å². The van der Waals surface area contributed by atoms with Crippen LogP contribution in [0.5, 0.6) is 5.75 Å². The minimum atomic E-state index is -4.45. The SMILES string of the molecule is CC(=O)N[C@@H]1CC[C@@]2(Cc3ccc(C(F)(F)F)cc3)c3c(F)ccc(F)c3OC[C@H]2C1. The zero-order valence-corrected chi connectivity index (χ0v) is 16.9. The average Bonchev–Trinajstić information content (AvgIpc) is 2.70. The molecule has 166 valence electrons. The van der Waals surface area contributed by atoms with Crippen LogP contribution in [0.2, 0.25) is 0 Å². The van der Waals surface area contributed by atoms with Gasteiger partial charge in [-0.25, -0.2) is 8.78 Å². The summed E-state index contributed by atoms with van der Waals surface area (Å²) in [7, 11) is 0. The Labute approximate surface area is 176 Å². The van der Waals surface area contributed by atoms with Crippen molar-refractivity contribution in [1.29, 1.82) is 0 Å². The van der Waals surface area contributed by atoms with Crippen LogP contribution in [0.25, 0.3) is 0 Å². The van der Waals surface area contributed by atoms with Crippen LogP contribution in [-0.2, 0) is 22.8 Å². The number of benzene rings is 2. The Balaban J connectivity index is 1.75. The second kappa shape index (κ2) is 7.80. The van der Waals surface area contributed by atoms with E-state index in [0.717, 1.165) is 24.3 Å². The highest BCUT2D eigenvalue weighted by Crippen LogP contribution is 2.53. The molecular formula is C23H22F5NO2. The van der Waals surface area contributed by atoms with Gasteiger partial charge in [0.05, 0.1) is 12.2 Å². The molecule has 0 saturated heterocycles. The third-order valence-electron chi connectivity index (χ3n) is 6.48. The van der Waals surface area contributed by atoms with Gasteiger partial charge in [-0.2, -0.15) is 13.2 Å². The molecule has 1 fully saturated rings. The lowest BCUT2D eigenvalue weighted by Gasteiger charge is -2.50. The van der Waals surface area contributed by atoms with E-state index in [0.29, 0.717) is 24.8 Å². The molecule has 0 spiro atoms. The van der Waals surface area contributed by atoms with Crippen molar-refractivity contribution in [3.63, 3.8) is 0 Å². The van der Waals surface area contributed by atoms with E-state index in [1.807, 2.05) is 0 Å². The summed E-state index contributed by atoms with van der Waals surface area (Å²) in [6.07, 6.45) is -2.70. The quantitative estimate of drug-likeness (QED) is 0.671. The number of nitrogens with one attached hydrogen (secondary N) is 1. The van der Waals surface area contributed by atoms with Crippen LogP contribution in [0.15, 0.2) is 36.4 Å². The van der Waals surface area contributed by atoms with E-state index in [1.54, 1.807) is 0 Å². The molecule has 1 heterocycles. The van der Waals surface area contributed by atoms with Gasteiger partial charge in [-0.1, -0.05) is 12.1 Å². The maximum atomic E-state index is 15.0. The largest absolute Gasteiger partial charge is 0.490 e. The van der Waals surface area contributed by atoms with Crippen LogP contribution in [0.1, 0.15) is 42.9 Å². The van der Waals surface area contributed by atoms with Gasteiger partial charge in [0.2, 0.25) is 5.91 Å². The first kappa shape index (κ1) is 21.6. The van der Waals surface area contributed by atoms with E-state index in [-0.39, 0.29) is 42.2 Å². The lowest BCUT2D eigenvalue weighted by Crippen LogP contribution is -2.52. The van der Waals surface area contributed by atoms with E-state index in [9.17, 15) is 22.4 Å². The van der Waals surface area contributed by atoms with Crippen LogP contribution in [0, 0.1) is 17.6 Å². The van der Waals surface area contributed by atoms with Gasteiger partial charge in [-0.05, 0) is 55.5 Å². The average molecular weight is 439 g/mol. The molecule has 3 atom stereocenters. The molecule has 1 saturated carbocycles. The van der Waals surface area contributed by atoms with Gasteiger partial charge in [0.25, 0.3) is 0 Å². The minimum Gasteiger partial charge on any atom is -0.490 e. The first-order valence-corrected chi connectivity index (χ1v) is 10.1. The van der Waals surface area contributed by atoms with Crippen molar-refractivity contribution in [3.05, 3.63) is 64.7 Å². The minimum absolute atomic E-state index is 0.120. The number of halogens is 5. The van der Waals surface area contributed by atoms with E-state index in [1.165, 1.54) is 19.1 Å². The van der Waals surface area contributed by atoms with Crippen molar-refractivity contribution in [2.45, 2.75) is 50.2 Å². The number of carbonyl (C=O) groups is 1. The fourth-order valence-corrected chi connectivity index (χ4v) is 5.12. The van der Waals surface area contributed by atoms with Crippen molar-refractivity contribution in [2.75, 3.05) is 6.61 Å². The van der Waals surface area contributed by atoms with E-state index >= 15 is 4.39 Å². The molecule has 2 aromatic rings. The lowest BCUT2D eigenvalue weighted by molar-refractivity contribution is -0.137. The van der Waals surface area contributed by atoms with E-state index in [4.69, 9.17) is 4.74 Å². The molecule has 0 aromatic heterocycles. The summed E-state index contributed by atoms with van der Waals surface area (Å²) >= 11 is 0. The Morgan fingerprint density at radius 1 is 1.13 bits per heavy atom. The standard InChI is InChI=1S/C23H22F5NO2/c1-13(30)29-17-8-9-22(11-14-2-4-15(5-3-14)23(26,27)28)16(10-17)12-31-21-19(25)7-6-18(24)20(21)22/h2-7,16-17H,8-12H2,1H3,(H,29,30)/t16-,17-,22+/m1/s1. The van der Waals surface area contributed by atoms with Crippen LogP contribution < -0.4 is 10.1 Å². The molecule has 0 radical (unpaired) electrons. The first-order chi connectivity index (χ1) is 14.6. The molecule has 31 heavy (non-hydrogen) atoms. The molecule has 2 aliphatic rings. The van der Waals surface area contributed by atoms with E-state index in [2.05, 4.69) is 5.32 Å². The highest BCUT2D eigenvalue weighted by molar-refractivity contribution is 5.73. The third-order valence-corrected chi connectivity index (χ3v) is 6.48. The molecule has 8 heteroatoms. The van der Waals surface area contributed by atoms with Gasteiger partial charge in [-0.15, -0.1) is 0 Å². The lowest BCUT2D eigenvalue weighted by atomic mass is 9.58. The smallest absolute Gasteiger partial charge is 0.416 e. The first-order valence-electron chi connectivity index (χ1n) is 10.1. The fraction of sp³-hybridized carbons (Fsp3) is 0.435. The van der Waals surface area contributed by atoms with Gasteiger partial charge in [-0.3, -0.25) is 4.79 Å². The number of fused-ring (bicyclic) bond motifs is 3. The van der Waals surface area contributed by atoms with Gasteiger partial charge >= 0.3 is 6.18 Å². The van der Waals surface area contributed by atoms with Crippen molar-refractivity contribution in [1.82, 2.24) is 5.32 Å². The second-order valence-corrected chi connectivity index (χ2v) is 8.44. The number of hydrogen-bond donors (Lipinski definition) is 1. The highest BCUT2D eigenvalue weighted by Gasteiger charge is 2.51. The summed E-state index contributed by atoms with van der Waals surface area (Å²) in [6.45, 7) is 1.57. The summed E-state index contributed by atoms with van der Waals surface area (Å²) in [5, 5.41) is 2.88. The number of hydrogen-bond acceptors (Lipinski definition) is 2. The summed E-state index contributed by atoms with van der Waals surface area (Å²) < 4.78 is 74.0. The van der Waals surface area contributed by atoms with Crippen LogP contribution in [0.3, 0.4) is 0 Å².